The quantitative estimate of drug-likeness (QED) is 0.787. The van der Waals surface area contributed by atoms with Crippen molar-refractivity contribution in [3.63, 3.8) is 0 Å². The van der Waals surface area contributed by atoms with E-state index in [1.165, 1.54) is 0 Å². The first-order valence-electron chi connectivity index (χ1n) is 8.33. The van der Waals surface area contributed by atoms with Crippen LogP contribution < -0.4 is 10.2 Å². The summed E-state index contributed by atoms with van der Waals surface area (Å²) in [4.78, 5) is 8.92. The molecule has 5 heteroatoms. The first-order chi connectivity index (χ1) is 12.7. The Balaban J connectivity index is 1.83. The maximum atomic E-state index is 5.23. The smallest absolute Gasteiger partial charge is 0.154 e. The number of hydrogen-bond donors (Lipinski definition) is 1. The van der Waals surface area contributed by atoms with Gasteiger partial charge in [-0.15, -0.1) is 0 Å². The molecule has 26 heavy (non-hydrogen) atoms. The van der Waals surface area contributed by atoms with Crippen LogP contribution in [0.15, 0.2) is 77.1 Å². The molecule has 1 aliphatic rings. The van der Waals surface area contributed by atoms with Gasteiger partial charge < -0.3 is 4.74 Å². The van der Waals surface area contributed by atoms with Crippen molar-refractivity contribution in [1.82, 2.24) is 10.4 Å². The molecule has 5 nitrogen and oxygen atoms in total. The molecule has 0 amide bonds. The van der Waals surface area contributed by atoms with Crippen molar-refractivity contribution in [3.8, 4) is 5.75 Å². The van der Waals surface area contributed by atoms with Gasteiger partial charge in [0, 0.05) is 29.1 Å². The van der Waals surface area contributed by atoms with Gasteiger partial charge in [0.1, 0.15) is 11.5 Å². The minimum absolute atomic E-state index is 0.696. The fourth-order valence-corrected chi connectivity index (χ4v) is 2.86. The van der Waals surface area contributed by atoms with Gasteiger partial charge in [0.15, 0.2) is 5.84 Å². The Hall–Kier alpha value is -3.47. The standard InChI is InChI=1S/C21H18N4O/c1-14-3-8-19-18(13-14)20(15-9-11-22-12-10-15)24-25-21(23-19)16-4-6-17(26-2)7-5-16/h3-13H,1-2H3,(H,23,25). The molecule has 2 aromatic carbocycles. The SMILES string of the molecule is COc1ccc(C2=Nc3ccc(C)cc3C(c3ccncc3)=NN2)cc1. The molecule has 3 aromatic rings. The molecule has 0 fully saturated rings. The van der Waals surface area contributed by atoms with E-state index < -0.39 is 0 Å². The molecular formula is C21H18N4O. The number of benzene rings is 2. The van der Waals surface area contributed by atoms with Crippen LogP contribution >= 0.6 is 0 Å². The first-order valence-corrected chi connectivity index (χ1v) is 8.33. The number of rotatable bonds is 3. The van der Waals surface area contributed by atoms with Gasteiger partial charge in [0.25, 0.3) is 0 Å². The summed E-state index contributed by atoms with van der Waals surface area (Å²) in [6.07, 6.45) is 3.53. The summed E-state index contributed by atoms with van der Waals surface area (Å²) in [5.41, 5.74) is 8.94. The lowest BCUT2D eigenvalue weighted by Gasteiger charge is -2.08. The third-order valence-electron chi connectivity index (χ3n) is 4.23. The zero-order chi connectivity index (χ0) is 17.9. The van der Waals surface area contributed by atoms with Gasteiger partial charge in [0.05, 0.1) is 12.8 Å². The average Bonchev–Trinajstić information content (AvgIpc) is 2.88. The summed E-state index contributed by atoms with van der Waals surface area (Å²) in [6.45, 7) is 2.07. The molecule has 0 radical (unpaired) electrons. The topological polar surface area (TPSA) is 58.9 Å². The molecule has 1 N–H and O–H groups in total. The summed E-state index contributed by atoms with van der Waals surface area (Å²) >= 11 is 0. The number of methoxy groups -OCH3 is 1. The molecule has 0 spiro atoms. The highest BCUT2D eigenvalue weighted by molar-refractivity contribution is 6.18. The van der Waals surface area contributed by atoms with Crippen LogP contribution in [-0.2, 0) is 0 Å². The van der Waals surface area contributed by atoms with E-state index in [2.05, 4.69) is 34.6 Å². The number of nitrogens with one attached hydrogen (secondary N) is 1. The van der Waals surface area contributed by atoms with Crippen LogP contribution in [0.1, 0.15) is 22.3 Å². The van der Waals surface area contributed by atoms with E-state index in [9.17, 15) is 0 Å². The van der Waals surface area contributed by atoms with E-state index in [0.29, 0.717) is 5.84 Å². The van der Waals surface area contributed by atoms with E-state index in [1.807, 2.05) is 42.5 Å². The zero-order valence-corrected chi connectivity index (χ0v) is 14.6. The number of aromatic nitrogens is 1. The fourth-order valence-electron chi connectivity index (χ4n) is 2.86. The minimum Gasteiger partial charge on any atom is -0.497 e. The number of pyridine rings is 1. The lowest BCUT2D eigenvalue weighted by Crippen LogP contribution is -2.19. The molecule has 128 valence electrons. The molecule has 0 saturated heterocycles. The Morgan fingerprint density at radius 3 is 2.38 bits per heavy atom. The van der Waals surface area contributed by atoms with Gasteiger partial charge in [-0.2, -0.15) is 5.10 Å². The van der Waals surface area contributed by atoms with E-state index in [-0.39, 0.29) is 0 Å². The van der Waals surface area contributed by atoms with E-state index in [4.69, 9.17) is 9.73 Å². The van der Waals surface area contributed by atoms with Gasteiger partial charge in [-0.1, -0.05) is 11.6 Å². The average molecular weight is 342 g/mol. The van der Waals surface area contributed by atoms with Crippen LogP contribution in [-0.4, -0.2) is 23.6 Å². The van der Waals surface area contributed by atoms with Crippen LogP contribution in [0.4, 0.5) is 5.69 Å². The van der Waals surface area contributed by atoms with Gasteiger partial charge in [0.2, 0.25) is 0 Å². The van der Waals surface area contributed by atoms with Crippen LogP contribution in [0.3, 0.4) is 0 Å². The number of aryl methyl sites for hydroxylation is 1. The molecule has 1 aromatic heterocycles. The second-order valence-electron chi connectivity index (χ2n) is 6.02. The normalized spacial score (nSPS) is 13.0. The second kappa shape index (κ2) is 6.80. The maximum absolute atomic E-state index is 5.23. The Morgan fingerprint density at radius 2 is 1.65 bits per heavy atom. The Labute approximate surface area is 152 Å². The highest BCUT2D eigenvalue weighted by Crippen LogP contribution is 2.27. The summed E-state index contributed by atoms with van der Waals surface area (Å²) < 4.78 is 5.23. The molecule has 1 aliphatic heterocycles. The largest absolute Gasteiger partial charge is 0.497 e. The molecule has 0 atom stereocenters. The monoisotopic (exact) mass is 342 g/mol. The van der Waals surface area contributed by atoms with Crippen molar-refractivity contribution in [2.75, 3.05) is 7.11 Å². The van der Waals surface area contributed by atoms with Gasteiger partial charge in [-0.25, -0.2) is 4.99 Å². The number of amidine groups is 1. The van der Waals surface area contributed by atoms with Crippen molar-refractivity contribution in [3.05, 3.63) is 89.2 Å². The summed E-state index contributed by atoms with van der Waals surface area (Å²) in [6, 6.07) is 17.8. The Morgan fingerprint density at radius 1 is 0.885 bits per heavy atom. The van der Waals surface area contributed by atoms with Crippen LogP contribution in [0, 0.1) is 6.92 Å². The predicted octanol–water partition coefficient (Wildman–Crippen LogP) is 3.83. The number of nitrogens with zero attached hydrogens (tertiary/aromatic N) is 3. The van der Waals surface area contributed by atoms with Crippen molar-refractivity contribution in [1.29, 1.82) is 0 Å². The Kier molecular flexibility index (Phi) is 4.19. The van der Waals surface area contributed by atoms with Crippen LogP contribution in [0.25, 0.3) is 0 Å². The van der Waals surface area contributed by atoms with Crippen molar-refractivity contribution in [2.45, 2.75) is 6.92 Å². The molecule has 0 saturated carbocycles. The van der Waals surface area contributed by atoms with E-state index >= 15 is 0 Å². The Bertz CT molecular complexity index is 992. The lowest BCUT2D eigenvalue weighted by molar-refractivity contribution is 0.415. The first kappa shape index (κ1) is 16.0. The predicted molar refractivity (Wildman–Crippen MR) is 103 cm³/mol. The van der Waals surface area contributed by atoms with Gasteiger partial charge in [-0.3, -0.25) is 10.4 Å². The summed E-state index contributed by atoms with van der Waals surface area (Å²) in [5, 5.41) is 4.65. The minimum atomic E-state index is 0.696. The molecule has 0 unspecified atom stereocenters. The van der Waals surface area contributed by atoms with Crippen molar-refractivity contribution >= 4 is 17.2 Å². The van der Waals surface area contributed by atoms with Gasteiger partial charge in [-0.05, 0) is 55.5 Å². The van der Waals surface area contributed by atoms with Gasteiger partial charge >= 0.3 is 0 Å². The van der Waals surface area contributed by atoms with Crippen LogP contribution in [0.2, 0.25) is 0 Å². The van der Waals surface area contributed by atoms with E-state index in [0.717, 1.165) is 39.4 Å². The summed E-state index contributed by atoms with van der Waals surface area (Å²) in [7, 11) is 1.65. The van der Waals surface area contributed by atoms with Crippen molar-refractivity contribution < 1.29 is 4.74 Å². The third-order valence-corrected chi connectivity index (χ3v) is 4.23. The fraction of sp³-hybridized carbons (Fsp3) is 0.0952. The molecule has 4 rings (SSSR count). The van der Waals surface area contributed by atoms with Crippen LogP contribution in [0.5, 0.6) is 5.75 Å². The number of hydrogen-bond acceptors (Lipinski definition) is 5. The van der Waals surface area contributed by atoms with E-state index in [1.54, 1.807) is 19.5 Å². The maximum Gasteiger partial charge on any atom is 0.154 e. The molecule has 2 heterocycles. The zero-order valence-electron chi connectivity index (χ0n) is 14.6. The highest BCUT2D eigenvalue weighted by Gasteiger charge is 2.17. The number of ether oxygens (including phenoxy) is 1. The molecule has 0 bridgehead atoms. The molecule has 0 aliphatic carbocycles. The molecular weight excluding hydrogens is 324 g/mol. The third kappa shape index (κ3) is 3.07. The number of aliphatic imine (C=N–C) groups is 1. The van der Waals surface area contributed by atoms with Crippen molar-refractivity contribution in [2.24, 2.45) is 10.1 Å². The second-order valence-corrected chi connectivity index (χ2v) is 6.02. The summed E-state index contributed by atoms with van der Waals surface area (Å²) in [5.74, 6) is 1.50. The highest BCUT2D eigenvalue weighted by atomic mass is 16.5. The number of hydrazone groups is 1. The number of fused-ring (bicyclic) bond motifs is 1. The lowest BCUT2D eigenvalue weighted by atomic mass is 10.00.